The zero-order valence-electron chi connectivity index (χ0n) is 14.8. The predicted molar refractivity (Wildman–Crippen MR) is 93.4 cm³/mol. The van der Waals surface area contributed by atoms with Gasteiger partial charge in [0.15, 0.2) is 11.5 Å². The second kappa shape index (κ2) is 6.12. The first kappa shape index (κ1) is 16.6. The Morgan fingerprint density at radius 2 is 2.08 bits per heavy atom. The maximum Gasteiger partial charge on any atom is 0.276 e. The van der Waals surface area contributed by atoms with Crippen LogP contribution >= 0.6 is 11.6 Å². The van der Waals surface area contributed by atoms with Gasteiger partial charge in [0.2, 0.25) is 0 Å². The van der Waals surface area contributed by atoms with Gasteiger partial charge in [0.1, 0.15) is 5.82 Å². The molecule has 0 saturated heterocycles. The fourth-order valence-corrected chi connectivity index (χ4v) is 3.72. The van der Waals surface area contributed by atoms with Crippen LogP contribution in [0.2, 0.25) is 5.02 Å². The van der Waals surface area contributed by atoms with Crippen molar-refractivity contribution in [2.45, 2.75) is 51.6 Å². The number of fused-ring (bicyclic) bond motifs is 1. The molecular formula is C17H23ClN6O. The van der Waals surface area contributed by atoms with Gasteiger partial charge in [-0.3, -0.25) is 9.48 Å². The van der Waals surface area contributed by atoms with Crippen LogP contribution in [0.4, 0.5) is 0 Å². The summed E-state index contributed by atoms with van der Waals surface area (Å²) in [7, 11) is 1.77. The summed E-state index contributed by atoms with van der Waals surface area (Å²) in [5.41, 5.74) is 0.313. The molecule has 7 nitrogen and oxygen atoms in total. The summed E-state index contributed by atoms with van der Waals surface area (Å²) in [5, 5.41) is 9.32. The van der Waals surface area contributed by atoms with Crippen LogP contribution in [-0.2, 0) is 13.6 Å². The third-order valence-corrected chi connectivity index (χ3v) is 5.11. The van der Waals surface area contributed by atoms with E-state index in [0.29, 0.717) is 35.6 Å². The van der Waals surface area contributed by atoms with Crippen molar-refractivity contribution in [1.29, 1.82) is 0 Å². The molecule has 1 fully saturated rings. The molecule has 25 heavy (non-hydrogen) atoms. The van der Waals surface area contributed by atoms with Gasteiger partial charge in [0.05, 0.1) is 17.6 Å². The van der Waals surface area contributed by atoms with E-state index < -0.39 is 0 Å². The summed E-state index contributed by atoms with van der Waals surface area (Å²) in [4.78, 5) is 19.8. The van der Waals surface area contributed by atoms with Crippen LogP contribution in [-0.4, -0.2) is 41.9 Å². The Morgan fingerprint density at radius 1 is 1.32 bits per heavy atom. The van der Waals surface area contributed by atoms with Gasteiger partial charge < -0.3 is 4.90 Å². The maximum absolute atomic E-state index is 13.1. The molecule has 0 bridgehead atoms. The second-order valence-corrected chi connectivity index (χ2v) is 7.88. The molecule has 2 aromatic rings. The van der Waals surface area contributed by atoms with Gasteiger partial charge in [0.25, 0.3) is 5.91 Å². The minimum absolute atomic E-state index is 0.0840. The largest absolute Gasteiger partial charge is 0.325 e. The van der Waals surface area contributed by atoms with Crippen LogP contribution in [0.15, 0.2) is 6.20 Å². The molecule has 2 aliphatic rings. The number of aryl methyl sites for hydroxylation is 1. The van der Waals surface area contributed by atoms with Crippen molar-refractivity contribution in [3.05, 3.63) is 28.6 Å². The van der Waals surface area contributed by atoms with E-state index in [-0.39, 0.29) is 11.9 Å². The molecule has 0 aromatic carbocycles. The van der Waals surface area contributed by atoms with Gasteiger partial charge in [-0.05, 0) is 25.2 Å². The van der Waals surface area contributed by atoms with Gasteiger partial charge in [-0.1, -0.05) is 25.4 Å². The van der Waals surface area contributed by atoms with Crippen molar-refractivity contribution in [2.75, 3.05) is 6.54 Å². The second-order valence-electron chi connectivity index (χ2n) is 7.47. The zero-order chi connectivity index (χ0) is 17.7. The lowest BCUT2D eigenvalue weighted by molar-refractivity contribution is 0.0572. The van der Waals surface area contributed by atoms with E-state index in [0.717, 1.165) is 18.1 Å². The summed E-state index contributed by atoms with van der Waals surface area (Å²) in [6.45, 7) is 5.59. The van der Waals surface area contributed by atoms with Crippen molar-refractivity contribution >= 4 is 17.5 Å². The molecule has 0 N–H and O–H groups in total. The summed E-state index contributed by atoms with van der Waals surface area (Å²) in [6.07, 6.45) is 4.85. The first-order valence-electron chi connectivity index (χ1n) is 8.88. The molecule has 0 unspecified atom stereocenters. The highest BCUT2D eigenvalue weighted by molar-refractivity contribution is 6.33. The number of nitrogens with zero attached hydrogens (tertiary/aromatic N) is 6. The number of hydrogen-bond donors (Lipinski definition) is 0. The quantitative estimate of drug-likeness (QED) is 0.838. The van der Waals surface area contributed by atoms with E-state index >= 15 is 0 Å². The molecular weight excluding hydrogens is 340 g/mol. The number of rotatable bonds is 4. The lowest BCUT2D eigenvalue weighted by Crippen LogP contribution is -2.43. The van der Waals surface area contributed by atoms with Crippen LogP contribution in [0, 0.1) is 5.92 Å². The number of amides is 1. The predicted octanol–water partition coefficient (Wildman–Crippen LogP) is 2.79. The summed E-state index contributed by atoms with van der Waals surface area (Å²) in [6, 6.07) is -0.0840. The molecule has 134 valence electrons. The fraction of sp³-hybridized carbons (Fsp3) is 0.647. The number of hydrogen-bond acceptors (Lipinski definition) is 4. The molecule has 2 aromatic heterocycles. The molecule has 0 radical (unpaired) electrons. The summed E-state index contributed by atoms with van der Waals surface area (Å²) < 4.78 is 3.56. The van der Waals surface area contributed by atoms with Crippen LogP contribution in [0.5, 0.6) is 0 Å². The molecule has 0 spiro atoms. The molecule has 1 amide bonds. The Morgan fingerprint density at radius 3 is 2.68 bits per heavy atom. The van der Waals surface area contributed by atoms with Crippen molar-refractivity contribution in [2.24, 2.45) is 13.0 Å². The summed E-state index contributed by atoms with van der Waals surface area (Å²) in [5.74, 6) is 2.66. The van der Waals surface area contributed by atoms with E-state index in [4.69, 9.17) is 16.6 Å². The molecule has 1 saturated carbocycles. The van der Waals surface area contributed by atoms with Crippen LogP contribution in [0.25, 0.3) is 0 Å². The van der Waals surface area contributed by atoms with Gasteiger partial charge in [0, 0.05) is 25.7 Å². The average molecular weight is 363 g/mol. The molecule has 1 aliphatic heterocycles. The van der Waals surface area contributed by atoms with Crippen LogP contribution in [0.3, 0.4) is 0 Å². The van der Waals surface area contributed by atoms with Gasteiger partial charge in [-0.15, -0.1) is 0 Å². The highest BCUT2D eigenvalue weighted by Gasteiger charge is 2.38. The van der Waals surface area contributed by atoms with E-state index in [1.165, 1.54) is 12.8 Å². The molecule has 1 aliphatic carbocycles. The fourth-order valence-electron chi connectivity index (χ4n) is 3.46. The molecule has 4 rings (SSSR count). The Labute approximate surface area is 152 Å². The number of halogens is 1. The SMILES string of the molecule is CC(C)C[C@H]1c2nc(C3CC3)nn2CCN1C(=O)c1nn(C)cc1Cl. The Kier molecular flexibility index (Phi) is 4.06. The maximum atomic E-state index is 13.1. The average Bonchev–Trinajstić information content (AvgIpc) is 3.21. The van der Waals surface area contributed by atoms with E-state index in [9.17, 15) is 4.79 Å². The Balaban J connectivity index is 1.68. The lowest BCUT2D eigenvalue weighted by atomic mass is 10.00. The third-order valence-electron chi connectivity index (χ3n) is 4.83. The smallest absolute Gasteiger partial charge is 0.276 e. The minimum atomic E-state index is -0.126. The van der Waals surface area contributed by atoms with Crippen molar-refractivity contribution in [1.82, 2.24) is 29.4 Å². The Hall–Kier alpha value is -1.89. The first-order valence-corrected chi connectivity index (χ1v) is 9.26. The van der Waals surface area contributed by atoms with Crippen molar-refractivity contribution in [3.8, 4) is 0 Å². The first-order chi connectivity index (χ1) is 11.9. The van der Waals surface area contributed by atoms with Crippen molar-refractivity contribution < 1.29 is 4.79 Å². The van der Waals surface area contributed by atoms with Crippen molar-refractivity contribution in [3.63, 3.8) is 0 Å². The number of aromatic nitrogens is 5. The van der Waals surface area contributed by atoms with E-state index in [1.807, 2.05) is 9.58 Å². The standard InChI is InChI=1S/C17H23ClN6O/c1-10(2)8-13-16-19-15(11-4-5-11)21-24(16)7-6-23(13)17(25)14-12(18)9-22(3)20-14/h9-11,13H,4-8H2,1-3H3/t13-/m0/s1. The summed E-state index contributed by atoms with van der Waals surface area (Å²) >= 11 is 6.20. The van der Waals surface area contributed by atoms with Crippen LogP contribution < -0.4 is 0 Å². The van der Waals surface area contributed by atoms with Gasteiger partial charge in [-0.25, -0.2) is 9.67 Å². The Bertz CT molecular complexity index is 806. The molecule has 8 heteroatoms. The van der Waals surface area contributed by atoms with Gasteiger partial charge in [-0.2, -0.15) is 10.2 Å². The third kappa shape index (κ3) is 3.05. The van der Waals surface area contributed by atoms with Crippen LogP contribution in [0.1, 0.15) is 67.2 Å². The molecule has 1 atom stereocenters. The normalized spacial score (nSPS) is 20.2. The highest BCUT2D eigenvalue weighted by Crippen LogP contribution is 2.40. The monoisotopic (exact) mass is 362 g/mol. The zero-order valence-corrected chi connectivity index (χ0v) is 15.6. The number of carbonyl (C=O) groups is 1. The minimum Gasteiger partial charge on any atom is -0.325 e. The molecule has 3 heterocycles. The van der Waals surface area contributed by atoms with Gasteiger partial charge >= 0.3 is 0 Å². The topological polar surface area (TPSA) is 68.8 Å². The van der Waals surface area contributed by atoms with E-state index in [2.05, 4.69) is 24.0 Å². The van der Waals surface area contributed by atoms with E-state index in [1.54, 1.807) is 17.9 Å². The lowest BCUT2D eigenvalue weighted by Gasteiger charge is -2.35. The highest BCUT2D eigenvalue weighted by atomic mass is 35.5. The number of carbonyl (C=O) groups excluding carboxylic acids is 1.